The largest absolute Gasteiger partial charge is 0.325 e. The van der Waals surface area contributed by atoms with E-state index >= 15 is 0 Å². The molecule has 1 aliphatic rings. The third kappa shape index (κ3) is 4.59. The first kappa shape index (κ1) is 20.3. The fraction of sp³-hybridized carbons (Fsp3) is 0.318. The van der Waals surface area contributed by atoms with Crippen LogP contribution in [-0.2, 0) is 4.79 Å². The molecule has 154 valence electrons. The quantitative estimate of drug-likeness (QED) is 0.447. The summed E-state index contributed by atoms with van der Waals surface area (Å²) in [6, 6.07) is 16.8. The fourth-order valence-corrected chi connectivity index (χ4v) is 4.72. The number of hydrogen-bond acceptors (Lipinski definition) is 6. The lowest BCUT2D eigenvalue weighted by Crippen LogP contribution is -2.20. The lowest BCUT2D eigenvalue weighted by atomic mass is 10.1. The maximum Gasteiger partial charge on any atom is 0.242 e. The van der Waals surface area contributed by atoms with E-state index < -0.39 is 5.25 Å². The van der Waals surface area contributed by atoms with Gasteiger partial charge in [-0.05, 0) is 47.9 Å². The predicted molar refractivity (Wildman–Crippen MR) is 115 cm³/mol. The number of carbonyl (C=O) groups excluding carboxylic acids is 2. The van der Waals surface area contributed by atoms with Crippen molar-refractivity contribution in [2.75, 3.05) is 5.32 Å². The molecule has 1 aliphatic carbocycles. The molecule has 1 atom stereocenters. The lowest BCUT2D eigenvalue weighted by Gasteiger charge is -2.18. The zero-order chi connectivity index (χ0) is 20.9. The Morgan fingerprint density at radius 1 is 1.10 bits per heavy atom. The average Bonchev–Trinajstić information content (AvgIpc) is 3.44. The number of anilines is 1. The monoisotopic (exact) mass is 421 g/mol. The van der Waals surface area contributed by atoms with Crippen molar-refractivity contribution >= 4 is 29.1 Å². The highest BCUT2D eigenvalue weighted by atomic mass is 32.2. The second-order valence-corrected chi connectivity index (χ2v) is 8.45. The van der Waals surface area contributed by atoms with Gasteiger partial charge in [-0.2, -0.15) is 0 Å². The number of amides is 1. The third-order valence-electron chi connectivity index (χ3n) is 5.23. The van der Waals surface area contributed by atoms with Crippen LogP contribution in [0.15, 0.2) is 59.8 Å². The van der Waals surface area contributed by atoms with E-state index in [0.717, 1.165) is 18.4 Å². The minimum absolute atomic E-state index is 0.0455. The summed E-state index contributed by atoms with van der Waals surface area (Å²) in [4.78, 5) is 24.9. The first-order valence-electron chi connectivity index (χ1n) is 10.0. The van der Waals surface area contributed by atoms with Crippen LogP contribution in [0.1, 0.15) is 59.8 Å². The Kier molecular flexibility index (Phi) is 6.23. The summed E-state index contributed by atoms with van der Waals surface area (Å²) in [5.74, 6) is -0.233. The van der Waals surface area contributed by atoms with Gasteiger partial charge in [-0.15, -0.1) is 5.10 Å². The van der Waals surface area contributed by atoms with E-state index in [9.17, 15) is 9.59 Å². The van der Waals surface area contributed by atoms with Gasteiger partial charge < -0.3 is 5.32 Å². The summed E-state index contributed by atoms with van der Waals surface area (Å²) in [5.41, 5.74) is 2.01. The molecule has 1 N–H and O–H groups in total. The Morgan fingerprint density at radius 3 is 2.60 bits per heavy atom. The smallest absolute Gasteiger partial charge is 0.242 e. The molecule has 2 aromatic carbocycles. The molecule has 1 heterocycles. The van der Waals surface area contributed by atoms with Gasteiger partial charge in [0.15, 0.2) is 5.78 Å². The van der Waals surface area contributed by atoms with Crippen LogP contribution in [-0.4, -0.2) is 31.9 Å². The number of thioether (sulfide) groups is 1. The predicted octanol–water partition coefficient (Wildman–Crippen LogP) is 4.46. The number of rotatable bonds is 7. The highest BCUT2D eigenvalue weighted by Gasteiger charge is 2.28. The summed E-state index contributed by atoms with van der Waals surface area (Å²) in [6.07, 6.45) is 4.45. The van der Waals surface area contributed by atoms with Gasteiger partial charge >= 0.3 is 0 Å². The third-order valence-corrected chi connectivity index (χ3v) is 6.44. The van der Waals surface area contributed by atoms with Gasteiger partial charge in [-0.3, -0.25) is 9.59 Å². The Hall–Kier alpha value is -3.00. The van der Waals surface area contributed by atoms with Crippen molar-refractivity contribution in [3.63, 3.8) is 0 Å². The molecule has 0 radical (unpaired) electrons. The van der Waals surface area contributed by atoms with E-state index in [1.807, 2.05) is 35.0 Å². The Labute approximate surface area is 179 Å². The molecule has 1 aromatic heterocycles. The second kappa shape index (κ2) is 9.21. The minimum atomic E-state index is -0.529. The van der Waals surface area contributed by atoms with Crippen molar-refractivity contribution in [2.24, 2.45) is 0 Å². The number of nitrogens with zero attached hydrogens (tertiary/aromatic N) is 4. The number of benzene rings is 2. The van der Waals surface area contributed by atoms with E-state index in [0.29, 0.717) is 16.4 Å². The van der Waals surface area contributed by atoms with Crippen molar-refractivity contribution < 1.29 is 9.59 Å². The maximum absolute atomic E-state index is 13.3. The topological polar surface area (TPSA) is 89.8 Å². The van der Waals surface area contributed by atoms with E-state index in [2.05, 4.69) is 20.8 Å². The molecule has 1 saturated carbocycles. The normalized spacial score (nSPS) is 15.1. The first-order valence-corrected chi connectivity index (χ1v) is 10.9. The Balaban J connectivity index is 1.59. The second-order valence-electron chi connectivity index (χ2n) is 7.38. The van der Waals surface area contributed by atoms with Crippen LogP contribution in [0, 0.1) is 0 Å². The standard InChI is InChI=1S/C22H23N5O2S/c1-15(28)17-10-7-11-18(14-17)23-21(29)20(16-8-3-2-4-9-16)30-22-24-25-26-27(22)19-12-5-6-13-19/h2-4,7-11,14,19-20H,5-6,12-13H2,1H3,(H,23,29)/t20-/m1/s1. The summed E-state index contributed by atoms with van der Waals surface area (Å²) < 4.78 is 1.86. The van der Waals surface area contributed by atoms with E-state index in [4.69, 9.17) is 0 Å². The minimum Gasteiger partial charge on any atom is -0.325 e. The first-order chi connectivity index (χ1) is 14.6. The van der Waals surface area contributed by atoms with Gasteiger partial charge in [0, 0.05) is 11.3 Å². The van der Waals surface area contributed by atoms with E-state index in [1.54, 1.807) is 24.3 Å². The molecule has 7 nitrogen and oxygen atoms in total. The van der Waals surface area contributed by atoms with E-state index in [-0.39, 0.29) is 17.7 Å². The average molecular weight is 422 g/mol. The van der Waals surface area contributed by atoms with Crippen molar-refractivity contribution in [2.45, 2.75) is 49.1 Å². The summed E-state index contributed by atoms with van der Waals surface area (Å²) in [5, 5.41) is 15.3. The number of ketones is 1. The summed E-state index contributed by atoms with van der Waals surface area (Å²) >= 11 is 1.35. The van der Waals surface area contributed by atoms with Crippen LogP contribution < -0.4 is 5.32 Å². The zero-order valence-electron chi connectivity index (χ0n) is 16.7. The van der Waals surface area contributed by atoms with E-state index in [1.165, 1.54) is 31.5 Å². The molecule has 1 amide bonds. The summed E-state index contributed by atoms with van der Waals surface area (Å²) in [6.45, 7) is 1.51. The fourth-order valence-electron chi connectivity index (χ4n) is 3.67. The summed E-state index contributed by atoms with van der Waals surface area (Å²) in [7, 11) is 0. The highest BCUT2D eigenvalue weighted by molar-refractivity contribution is 8.00. The van der Waals surface area contributed by atoms with Gasteiger partial charge in [0.1, 0.15) is 5.25 Å². The van der Waals surface area contributed by atoms with Crippen LogP contribution in [0.25, 0.3) is 0 Å². The molecule has 4 rings (SSSR count). The van der Waals surface area contributed by atoms with Crippen molar-refractivity contribution in [3.05, 3.63) is 65.7 Å². The van der Waals surface area contributed by atoms with Crippen molar-refractivity contribution in [1.82, 2.24) is 20.2 Å². The molecule has 0 spiro atoms. The number of nitrogens with one attached hydrogen (secondary N) is 1. The van der Waals surface area contributed by atoms with Crippen LogP contribution in [0.4, 0.5) is 5.69 Å². The van der Waals surface area contributed by atoms with Crippen LogP contribution in [0.5, 0.6) is 0 Å². The molecule has 0 unspecified atom stereocenters. The number of Topliss-reactive ketones (excluding diaryl/α,β-unsaturated/α-hetero) is 1. The number of hydrogen-bond donors (Lipinski definition) is 1. The Morgan fingerprint density at radius 2 is 1.87 bits per heavy atom. The van der Waals surface area contributed by atoms with Gasteiger partial charge in [0.05, 0.1) is 6.04 Å². The Bertz CT molecular complexity index is 1030. The van der Waals surface area contributed by atoms with Gasteiger partial charge in [-0.25, -0.2) is 4.68 Å². The SMILES string of the molecule is CC(=O)c1cccc(NC(=O)[C@H](Sc2nnnn2C2CCCC2)c2ccccc2)c1. The number of tetrazole rings is 1. The van der Waals surface area contributed by atoms with Gasteiger partial charge in [-0.1, -0.05) is 67.1 Å². The highest BCUT2D eigenvalue weighted by Crippen LogP contribution is 2.38. The molecule has 8 heteroatoms. The maximum atomic E-state index is 13.3. The molecule has 0 saturated heterocycles. The van der Waals surface area contributed by atoms with Crippen LogP contribution in [0.2, 0.25) is 0 Å². The molecule has 1 fully saturated rings. The van der Waals surface area contributed by atoms with Crippen LogP contribution in [0.3, 0.4) is 0 Å². The van der Waals surface area contributed by atoms with Gasteiger partial charge in [0.2, 0.25) is 11.1 Å². The zero-order valence-corrected chi connectivity index (χ0v) is 17.5. The molecule has 30 heavy (non-hydrogen) atoms. The molecule has 0 aliphatic heterocycles. The van der Waals surface area contributed by atoms with Crippen molar-refractivity contribution in [3.8, 4) is 0 Å². The molecule has 3 aromatic rings. The lowest BCUT2D eigenvalue weighted by molar-refractivity contribution is -0.115. The molecular weight excluding hydrogens is 398 g/mol. The molecular formula is C22H23N5O2S. The van der Waals surface area contributed by atoms with Gasteiger partial charge in [0.25, 0.3) is 0 Å². The molecule has 0 bridgehead atoms. The van der Waals surface area contributed by atoms with Crippen molar-refractivity contribution in [1.29, 1.82) is 0 Å². The number of carbonyl (C=O) groups is 2. The van der Waals surface area contributed by atoms with Crippen LogP contribution >= 0.6 is 11.8 Å². The number of aromatic nitrogens is 4.